The van der Waals surface area contributed by atoms with E-state index < -0.39 is 22.7 Å². The molecule has 2 rings (SSSR count). The van der Waals surface area contributed by atoms with Gasteiger partial charge in [0.2, 0.25) is 5.91 Å². The van der Waals surface area contributed by atoms with E-state index in [1.54, 1.807) is 6.07 Å². The first-order chi connectivity index (χ1) is 12.7. The summed E-state index contributed by atoms with van der Waals surface area (Å²) < 4.78 is 10.6. The molecule has 1 fully saturated rings. The molecular weight excluding hydrogens is 374 g/mol. The second kappa shape index (κ2) is 9.38. The number of non-ortho nitro benzene ring substituents is 1. The fraction of sp³-hybridized carbons (Fsp3) is 0.471. The lowest BCUT2D eigenvalue weighted by Crippen LogP contribution is -2.35. The number of hydrogen-bond acceptors (Lipinski definition) is 7. The molecule has 1 aliphatic rings. The molecule has 0 saturated carbocycles. The van der Waals surface area contributed by atoms with Crippen molar-refractivity contribution < 1.29 is 24.0 Å². The maximum atomic E-state index is 12.1. The van der Waals surface area contributed by atoms with Crippen LogP contribution in [0.3, 0.4) is 0 Å². The predicted octanol–water partition coefficient (Wildman–Crippen LogP) is 2.15. The highest BCUT2D eigenvalue weighted by Crippen LogP contribution is 2.24. The van der Waals surface area contributed by atoms with Crippen molar-refractivity contribution in [2.75, 3.05) is 11.9 Å². The van der Waals surface area contributed by atoms with Crippen LogP contribution in [0.1, 0.15) is 26.7 Å². The normalized spacial score (nSPS) is 18.9. The van der Waals surface area contributed by atoms with Gasteiger partial charge >= 0.3 is 5.97 Å². The summed E-state index contributed by atoms with van der Waals surface area (Å²) in [6, 6.07) is 5.72. The SMILES string of the molecule is CC(C)OC[C@H]1C[C@H](CC(=O)NC(=S)Nc2cccc([N+](=O)[O-])c2)C(=O)O1. The van der Waals surface area contributed by atoms with Gasteiger partial charge in [0, 0.05) is 30.7 Å². The van der Waals surface area contributed by atoms with Crippen molar-refractivity contribution in [3.05, 3.63) is 34.4 Å². The smallest absolute Gasteiger partial charge is 0.309 e. The number of anilines is 1. The van der Waals surface area contributed by atoms with Gasteiger partial charge in [-0.3, -0.25) is 19.7 Å². The van der Waals surface area contributed by atoms with Gasteiger partial charge in [-0.1, -0.05) is 6.07 Å². The van der Waals surface area contributed by atoms with Crippen molar-refractivity contribution in [3.8, 4) is 0 Å². The molecule has 1 saturated heterocycles. The van der Waals surface area contributed by atoms with Crippen molar-refractivity contribution in [3.63, 3.8) is 0 Å². The Morgan fingerprint density at radius 1 is 1.48 bits per heavy atom. The van der Waals surface area contributed by atoms with Crippen LogP contribution < -0.4 is 10.6 Å². The van der Waals surface area contributed by atoms with Crippen molar-refractivity contribution in [2.45, 2.75) is 38.9 Å². The number of rotatable bonds is 7. The summed E-state index contributed by atoms with van der Waals surface area (Å²) in [5.41, 5.74) is 0.276. The monoisotopic (exact) mass is 395 g/mol. The highest BCUT2D eigenvalue weighted by Gasteiger charge is 2.36. The van der Waals surface area contributed by atoms with Crippen molar-refractivity contribution in [1.82, 2.24) is 5.32 Å². The van der Waals surface area contributed by atoms with Crippen LogP contribution in [0.2, 0.25) is 0 Å². The van der Waals surface area contributed by atoms with E-state index >= 15 is 0 Å². The molecule has 146 valence electrons. The van der Waals surface area contributed by atoms with Gasteiger partial charge in [0.1, 0.15) is 6.10 Å². The summed E-state index contributed by atoms with van der Waals surface area (Å²) in [6.07, 6.45) is 0.0219. The van der Waals surface area contributed by atoms with E-state index in [1.165, 1.54) is 18.2 Å². The Labute approximate surface area is 161 Å². The zero-order chi connectivity index (χ0) is 20.0. The minimum absolute atomic E-state index is 0.00782. The van der Waals surface area contributed by atoms with Crippen LogP contribution in [0.5, 0.6) is 0 Å². The molecular formula is C17H21N3O6S. The minimum atomic E-state index is -0.550. The molecule has 1 aliphatic heterocycles. The fourth-order valence-corrected chi connectivity index (χ4v) is 2.78. The molecule has 0 unspecified atom stereocenters. The zero-order valence-corrected chi connectivity index (χ0v) is 15.8. The Morgan fingerprint density at radius 2 is 2.22 bits per heavy atom. The molecule has 0 radical (unpaired) electrons. The van der Waals surface area contributed by atoms with Crippen LogP contribution in [0, 0.1) is 16.0 Å². The molecule has 1 amide bonds. The minimum Gasteiger partial charge on any atom is -0.460 e. The third kappa shape index (κ3) is 6.57. The third-order valence-corrected chi connectivity index (χ3v) is 3.98. The summed E-state index contributed by atoms with van der Waals surface area (Å²) in [7, 11) is 0. The highest BCUT2D eigenvalue weighted by atomic mass is 32.1. The first-order valence-corrected chi connectivity index (χ1v) is 8.82. The number of hydrogen-bond donors (Lipinski definition) is 2. The Hall–Kier alpha value is -2.59. The number of esters is 1. The molecule has 1 aromatic rings. The first-order valence-electron chi connectivity index (χ1n) is 8.42. The van der Waals surface area contributed by atoms with Crippen LogP contribution >= 0.6 is 12.2 Å². The van der Waals surface area contributed by atoms with Crippen LogP contribution in [0.25, 0.3) is 0 Å². The number of benzene rings is 1. The Bertz CT molecular complexity index is 739. The summed E-state index contributed by atoms with van der Waals surface area (Å²) in [5.74, 6) is -1.42. The summed E-state index contributed by atoms with van der Waals surface area (Å²) in [6.45, 7) is 4.07. The number of nitro benzene ring substituents is 1. The highest BCUT2D eigenvalue weighted by molar-refractivity contribution is 7.80. The Kier molecular flexibility index (Phi) is 7.19. The molecule has 0 spiro atoms. The van der Waals surface area contributed by atoms with Gasteiger partial charge in [-0.15, -0.1) is 0 Å². The van der Waals surface area contributed by atoms with Gasteiger partial charge in [-0.25, -0.2) is 0 Å². The van der Waals surface area contributed by atoms with Crippen LogP contribution in [0.4, 0.5) is 11.4 Å². The summed E-state index contributed by atoms with van der Waals surface area (Å²) in [4.78, 5) is 34.2. The second-order valence-corrected chi connectivity index (χ2v) is 6.80. The number of ether oxygens (including phenoxy) is 2. The largest absolute Gasteiger partial charge is 0.460 e. The van der Waals surface area contributed by atoms with E-state index in [4.69, 9.17) is 21.7 Å². The quantitative estimate of drug-likeness (QED) is 0.312. The van der Waals surface area contributed by atoms with Crippen LogP contribution in [0.15, 0.2) is 24.3 Å². The first kappa shape index (κ1) is 20.7. The van der Waals surface area contributed by atoms with E-state index in [0.29, 0.717) is 18.7 Å². The Balaban J connectivity index is 1.81. The molecule has 0 aromatic heterocycles. The zero-order valence-electron chi connectivity index (χ0n) is 15.0. The number of amides is 1. The molecule has 9 nitrogen and oxygen atoms in total. The van der Waals surface area contributed by atoms with E-state index in [2.05, 4.69) is 10.6 Å². The Morgan fingerprint density at radius 3 is 2.89 bits per heavy atom. The summed E-state index contributed by atoms with van der Waals surface area (Å²) in [5, 5.41) is 15.9. The van der Waals surface area contributed by atoms with Crippen molar-refractivity contribution in [2.24, 2.45) is 5.92 Å². The lowest BCUT2D eigenvalue weighted by Gasteiger charge is -2.12. The average molecular weight is 395 g/mol. The number of nitro groups is 1. The van der Waals surface area contributed by atoms with Gasteiger partial charge in [0.15, 0.2) is 5.11 Å². The third-order valence-electron chi connectivity index (χ3n) is 3.78. The number of thiocarbonyl (C=S) groups is 1. The molecule has 0 bridgehead atoms. The topological polar surface area (TPSA) is 120 Å². The number of carbonyl (C=O) groups excluding carboxylic acids is 2. The standard InChI is InChI=1S/C17H21N3O6S/c1-10(2)25-9-14-6-11(16(22)26-14)7-15(21)19-17(27)18-12-4-3-5-13(8-12)20(23)24/h3-5,8,10-11,14H,6-7,9H2,1-2H3,(H2,18,19,21,27)/t11-,14-/m1/s1. The second-order valence-electron chi connectivity index (χ2n) is 6.39. The average Bonchev–Trinajstić information content (AvgIpc) is 2.92. The van der Waals surface area contributed by atoms with Crippen molar-refractivity contribution in [1.29, 1.82) is 0 Å². The van der Waals surface area contributed by atoms with Crippen LogP contribution in [-0.4, -0.2) is 40.7 Å². The molecule has 0 aliphatic carbocycles. The van der Waals surface area contributed by atoms with Crippen LogP contribution in [-0.2, 0) is 19.1 Å². The van der Waals surface area contributed by atoms with E-state index in [9.17, 15) is 19.7 Å². The van der Waals surface area contributed by atoms with E-state index in [-0.39, 0.29) is 29.4 Å². The molecule has 2 N–H and O–H groups in total. The lowest BCUT2D eigenvalue weighted by atomic mass is 10.0. The lowest BCUT2D eigenvalue weighted by molar-refractivity contribution is -0.384. The predicted molar refractivity (Wildman–Crippen MR) is 101 cm³/mol. The number of nitrogens with one attached hydrogen (secondary N) is 2. The molecule has 10 heteroatoms. The van der Waals surface area contributed by atoms with Gasteiger partial charge in [0.05, 0.1) is 23.6 Å². The molecule has 1 aromatic carbocycles. The maximum Gasteiger partial charge on any atom is 0.309 e. The van der Waals surface area contributed by atoms with Gasteiger partial charge < -0.3 is 20.1 Å². The molecule has 27 heavy (non-hydrogen) atoms. The summed E-state index contributed by atoms with van der Waals surface area (Å²) >= 11 is 5.04. The van der Waals surface area contributed by atoms with E-state index in [1.807, 2.05) is 13.8 Å². The van der Waals surface area contributed by atoms with Gasteiger partial charge in [-0.05, 0) is 32.1 Å². The number of carbonyl (C=O) groups is 2. The number of nitrogens with zero attached hydrogens (tertiary/aromatic N) is 1. The molecule has 2 atom stereocenters. The van der Waals surface area contributed by atoms with E-state index in [0.717, 1.165) is 0 Å². The van der Waals surface area contributed by atoms with Gasteiger partial charge in [-0.2, -0.15) is 0 Å². The number of cyclic esters (lactones) is 1. The fourth-order valence-electron chi connectivity index (χ4n) is 2.55. The van der Waals surface area contributed by atoms with Gasteiger partial charge in [0.25, 0.3) is 5.69 Å². The van der Waals surface area contributed by atoms with Crippen molar-refractivity contribution >= 4 is 40.6 Å². The maximum absolute atomic E-state index is 12.1. The molecule has 1 heterocycles.